The number of amides is 1. The fourth-order valence-electron chi connectivity index (χ4n) is 3.98. The maximum atomic E-state index is 13.0. The number of benzene rings is 1. The lowest BCUT2D eigenvalue weighted by atomic mass is 10.0. The van der Waals surface area contributed by atoms with Crippen LogP contribution in [0.5, 0.6) is 0 Å². The summed E-state index contributed by atoms with van der Waals surface area (Å²) >= 11 is 0. The van der Waals surface area contributed by atoms with Gasteiger partial charge in [0, 0.05) is 43.4 Å². The van der Waals surface area contributed by atoms with Crippen LogP contribution < -0.4 is 10.2 Å². The molecule has 0 radical (unpaired) electrons. The Morgan fingerprint density at radius 2 is 2.03 bits per heavy atom. The number of anilines is 1. The smallest absolute Gasteiger partial charge is 0.369 e. The van der Waals surface area contributed by atoms with E-state index in [9.17, 15) is 18.0 Å². The number of pyridine rings is 1. The lowest BCUT2D eigenvalue weighted by Gasteiger charge is -2.35. The minimum Gasteiger partial charge on any atom is -0.369 e. The van der Waals surface area contributed by atoms with Gasteiger partial charge in [-0.3, -0.25) is 14.5 Å². The summed E-state index contributed by atoms with van der Waals surface area (Å²) in [7, 11) is 1.73. The molecule has 1 N–H and O–H groups in total. The third kappa shape index (κ3) is 3.96. The lowest BCUT2D eigenvalue weighted by molar-refractivity contribution is -0.137. The monoisotopic (exact) mass is 417 g/mol. The highest BCUT2D eigenvalue weighted by molar-refractivity contribution is 5.93. The van der Waals surface area contributed by atoms with Crippen LogP contribution in [0.15, 0.2) is 36.5 Å². The first-order valence-electron chi connectivity index (χ1n) is 9.75. The molecular formula is C21H22F3N5O. The molecule has 0 aliphatic carbocycles. The number of aromatic nitrogens is 3. The summed E-state index contributed by atoms with van der Waals surface area (Å²) in [6.45, 7) is 3.16. The van der Waals surface area contributed by atoms with Gasteiger partial charge in [0.05, 0.1) is 16.8 Å². The number of nitrogens with one attached hydrogen (secondary N) is 1. The number of rotatable bonds is 3. The average molecular weight is 417 g/mol. The van der Waals surface area contributed by atoms with E-state index in [4.69, 9.17) is 0 Å². The molecule has 158 valence electrons. The Morgan fingerprint density at radius 1 is 1.23 bits per heavy atom. The highest BCUT2D eigenvalue weighted by atomic mass is 19.4. The first-order chi connectivity index (χ1) is 14.2. The highest BCUT2D eigenvalue weighted by Crippen LogP contribution is 2.34. The van der Waals surface area contributed by atoms with Crippen molar-refractivity contribution in [3.05, 3.63) is 53.5 Å². The fraction of sp³-hybridized carbons (Fsp3) is 0.381. The van der Waals surface area contributed by atoms with Gasteiger partial charge in [-0.15, -0.1) is 0 Å². The van der Waals surface area contributed by atoms with E-state index in [1.54, 1.807) is 17.8 Å². The Hall–Kier alpha value is -3.10. The molecule has 1 aromatic carbocycles. The summed E-state index contributed by atoms with van der Waals surface area (Å²) in [5, 5.41) is 7.93. The minimum atomic E-state index is -4.41. The number of piperidine rings is 1. The maximum absolute atomic E-state index is 13.0. The Morgan fingerprint density at radius 3 is 2.73 bits per heavy atom. The van der Waals surface area contributed by atoms with E-state index in [1.165, 1.54) is 12.3 Å². The van der Waals surface area contributed by atoms with Crippen LogP contribution in [-0.2, 0) is 13.2 Å². The number of nitrogens with zero attached hydrogens (tertiary/aromatic N) is 4. The number of hydrogen-bond acceptors (Lipinski definition) is 4. The Kier molecular flexibility index (Phi) is 5.13. The van der Waals surface area contributed by atoms with Crippen molar-refractivity contribution in [3.63, 3.8) is 0 Å². The van der Waals surface area contributed by atoms with Crippen molar-refractivity contribution in [1.29, 1.82) is 0 Å². The van der Waals surface area contributed by atoms with Gasteiger partial charge in [-0.25, -0.2) is 0 Å². The second-order valence-electron chi connectivity index (χ2n) is 7.61. The molecule has 3 heterocycles. The summed E-state index contributed by atoms with van der Waals surface area (Å²) in [4.78, 5) is 18.8. The predicted molar refractivity (Wildman–Crippen MR) is 107 cm³/mol. The molecule has 1 aliphatic rings. The van der Waals surface area contributed by atoms with Crippen LogP contribution in [-0.4, -0.2) is 39.8 Å². The molecule has 1 fully saturated rings. The zero-order valence-corrected chi connectivity index (χ0v) is 16.7. The Bertz CT molecular complexity index is 1090. The zero-order valence-electron chi connectivity index (χ0n) is 16.7. The van der Waals surface area contributed by atoms with Crippen molar-refractivity contribution < 1.29 is 18.0 Å². The predicted octanol–water partition coefficient (Wildman–Crippen LogP) is 3.69. The topological polar surface area (TPSA) is 63.1 Å². The molecule has 6 nitrogen and oxygen atoms in total. The van der Waals surface area contributed by atoms with Crippen molar-refractivity contribution in [2.45, 2.75) is 32.0 Å². The van der Waals surface area contributed by atoms with Crippen LogP contribution in [0.4, 0.5) is 18.9 Å². The number of carbonyl (C=O) groups excluding carboxylic acids is 1. The molecule has 0 bridgehead atoms. The van der Waals surface area contributed by atoms with Gasteiger partial charge >= 0.3 is 6.18 Å². The molecule has 1 atom stereocenters. The van der Waals surface area contributed by atoms with Crippen molar-refractivity contribution in [1.82, 2.24) is 20.1 Å². The van der Waals surface area contributed by atoms with E-state index in [-0.39, 0.29) is 11.9 Å². The van der Waals surface area contributed by atoms with E-state index in [0.29, 0.717) is 23.1 Å². The molecule has 0 spiro atoms. The molecule has 4 rings (SSSR count). The Labute approximate surface area is 171 Å². The van der Waals surface area contributed by atoms with Gasteiger partial charge in [-0.05, 0) is 44.0 Å². The molecule has 3 aromatic rings. The molecule has 1 saturated heterocycles. The average Bonchev–Trinajstić information content (AvgIpc) is 3.05. The number of halogens is 3. The molecule has 9 heteroatoms. The van der Waals surface area contributed by atoms with Gasteiger partial charge in [-0.2, -0.15) is 18.3 Å². The van der Waals surface area contributed by atoms with E-state index in [1.807, 2.05) is 13.0 Å². The van der Waals surface area contributed by atoms with Crippen molar-refractivity contribution in [2.24, 2.45) is 7.05 Å². The van der Waals surface area contributed by atoms with Crippen molar-refractivity contribution >= 4 is 22.5 Å². The lowest BCUT2D eigenvalue weighted by Crippen LogP contribution is -2.48. The van der Waals surface area contributed by atoms with Gasteiger partial charge in [0.15, 0.2) is 0 Å². The highest BCUT2D eigenvalue weighted by Gasteiger charge is 2.31. The molecule has 1 unspecified atom stereocenters. The largest absolute Gasteiger partial charge is 0.416 e. The zero-order chi connectivity index (χ0) is 21.5. The van der Waals surface area contributed by atoms with Crippen LogP contribution in [0.2, 0.25) is 0 Å². The van der Waals surface area contributed by atoms with Gasteiger partial charge in [0.25, 0.3) is 5.91 Å². The molecular weight excluding hydrogens is 395 g/mol. The van der Waals surface area contributed by atoms with Crippen molar-refractivity contribution in [2.75, 3.05) is 18.0 Å². The summed E-state index contributed by atoms with van der Waals surface area (Å²) in [5.41, 5.74) is 1.69. The van der Waals surface area contributed by atoms with Crippen LogP contribution in [0.3, 0.4) is 0 Å². The van der Waals surface area contributed by atoms with E-state index in [2.05, 4.69) is 20.3 Å². The number of fused-ring (bicyclic) bond motifs is 1. The molecule has 1 amide bonds. The second-order valence-corrected chi connectivity index (χ2v) is 7.61. The van der Waals surface area contributed by atoms with Gasteiger partial charge in [0.1, 0.15) is 5.69 Å². The fourth-order valence-corrected chi connectivity index (χ4v) is 3.98. The third-order valence-corrected chi connectivity index (χ3v) is 5.38. The maximum Gasteiger partial charge on any atom is 0.416 e. The van der Waals surface area contributed by atoms with Crippen LogP contribution in [0.1, 0.15) is 34.6 Å². The van der Waals surface area contributed by atoms with Gasteiger partial charge in [-0.1, -0.05) is 6.07 Å². The van der Waals surface area contributed by atoms with Crippen LogP contribution in [0.25, 0.3) is 10.9 Å². The first-order valence-corrected chi connectivity index (χ1v) is 9.75. The van der Waals surface area contributed by atoms with E-state index in [0.717, 1.165) is 42.9 Å². The molecule has 30 heavy (non-hydrogen) atoms. The summed E-state index contributed by atoms with van der Waals surface area (Å²) in [6.07, 6.45) is -1.19. The second kappa shape index (κ2) is 7.62. The third-order valence-electron chi connectivity index (χ3n) is 5.38. The van der Waals surface area contributed by atoms with Crippen molar-refractivity contribution in [3.8, 4) is 0 Å². The molecule has 1 aliphatic heterocycles. The summed E-state index contributed by atoms with van der Waals surface area (Å²) < 4.78 is 40.6. The number of alkyl halides is 3. The van der Waals surface area contributed by atoms with Crippen LogP contribution >= 0.6 is 0 Å². The van der Waals surface area contributed by atoms with E-state index >= 15 is 0 Å². The Balaban J connectivity index is 1.55. The van der Waals surface area contributed by atoms with Crippen LogP contribution in [0, 0.1) is 6.92 Å². The SMILES string of the molecule is Cc1cc(C(=O)NC2CCCN(c3ccnc4cc(C(F)(F)F)ccc34)C2)n(C)n1. The standard InChI is InChI=1S/C21H22F3N5O/c1-13-10-19(28(2)27-13)20(30)26-15-4-3-9-29(12-15)18-7-8-25-17-11-14(21(22,23)24)5-6-16(17)18/h5-8,10-11,15H,3-4,9,12H2,1-2H3,(H,26,30). The minimum absolute atomic E-state index is 0.0703. The number of aryl methyl sites for hydroxylation is 2. The molecule has 2 aromatic heterocycles. The quantitative estimate of drug-likeness (QED) is 0.706. The molecule has 0 saturated carbocycles. The number of carbonyl (C=O) groups is 1. The van der Waals surface area contributed by atoms with Gasteiger partial charge in [0.2, 0.25) is 0 Å². The summed E-state index contributed by atoms with van der Waals surface area (Å²) in [6, 6.07) is 7.11. The summed E-state index contributed by atoms with van der Waals surface area (Å²) in [5.74, 6) is -0.181. The first kappa shape index (κ1) is 20.2. The van der Waals surface area contributed by atoms with E-state index < -0.39 is 11.7 Å². The number of hydrogen-bond donors (Lipinski definition) is 1. The normalized spacial score (nSPS) is 17.4. The van der Waals surface area contributed by atoms with Gasteiger partial charge < -0.3 is 10.2 Å².